The molecule has 0 aromatic heterocycles. The first-order valence-electron chi connectivity index (χ1n) is 7.29. The Bertz CT molecular complexity index is 1240. The van der Waals surface area contributed by atoms with Crippen LogP contribution in [0.15, 0.2) is 0 Å². The molecule has 0 spiro atoms. The predicted octanol–water partition coefficient (Wildman–Crippen LogP) is 1.70. The summed E-state index contributed by atoms with van der Waals surface area (Å²) in [6.07, 6.45) is 4.91. The van der Waals surface area contributed by atoms with Crippen LogP contribution >= 0.6 is 0 Å². The predicted molar refractivity (Wildman–Crippen MR) is 111 cm³/mol. The molecule has 0 unspecified atom stereocenters. The standard InChI is InChI=1S/C25H4.C2H6/c1-3-5-7-9-11-13-15-17-19-21-23-25-24-22-20-18-16-14-12-10-8-6-4-2;1-2/h1H,2H3;1-2H3. The van der Waals surface area contributed by atoms with Crippen LogP contribution < -0.4 is 0 Å². The van der Waals surface area contributed by atoms with Gasteiger partial charge in [-0.3, -0.25) is 0 Å². The van der Waals surface area contributed by atoms with Crippen molar-refractivity contribution in [3.05, 3.63) is 0 Å². The largest absolute Gasteiger partial charge is 0.106 e. The summed E-state index contributed by atoms with van der Waals surface area (Å²) in [4.78, 5) is 0. The summed E-state index contributed by atoms with van der Waals surface area (Å²) in [7, 11) is 0. The summed E-state index contributed by atoms with van der Waals surface area (Å²) in [6, 6.07) is 0. The van der Waals surface area contributed by atoms with Gasteiger partial charge in [0.05, 0.1) is 0 Å². The highest BCUT2D eigenvalue weighted by atomic mass is 13.6. The van der Waals surface area contributed by atoms with Gasteiger partial charge in [0.2, 0.25) is 0 Å². The van der Waals surface area contributed by atoms with Gasteiger partial charge in [-0.25, -0.2) is 0 Å². The van der Waals surface area contributed by atoms with Gasteiger partial charge in [-0.2, -0.15) is 0 Å². The fourth-order valence-corrected chi connectivity index (χ4v) is 0.692. The van der Waals surface area contributed by atoms with Crippen molar-refractivity contribution in [3.8, 4) is 143 Å². The minimum absolute atomic E-state index is 1.69. The Balaban J connectivity index is 0. The lowest BCUT2D eigenvalue weighted by molar-refractivity contribution is 1.50. The molecule has 0 nitrogen and oxygen atoms in total. The van der Waals surface area contributed by atoms with Gasteiger partial charge < -0.3 is 0 Å². The van der Waals surface area contributed by atoms with Crippen molar-refractivity contribution >= 4 is 0 Å². The second kappa shape index (κ2) is 25.7. The first-order valence-corrected chi connectivity index (χ1v) is 7.29. The monoisotopic (exact) mass is 334 g/mol. The molecule has 0 aliphatic rings. The van der Waals surface area contributed by atoms with Crippen molar-refractivity contribution in [3.63, 3.8) is 0 Å². The maximum absolute atomic E-state index is 4.91. The van der Waals surface area contributed by atoms with Crippen LogP contribution in [0.5, 0.6) is 0 Å². The van der Waals surface area contributed by atoms with Gasteiger partial charge in [0.1, 0.15) is 0 Å². The summed E-state index contributed by atoms with van der Waals surface area (Å²) in [5.41, 5.74) is 0. The molecule has 118 valence electrons. The maximum atomic E-state index is 4.91. The fourth-order valence-electron chi connectivity index (χ4n) is 0.692. The van der Waals surface area contributed by atoms with Crippen LogP contribution in [0.25, 0.3) is 0 Å². The van der Waals surface area contributed by atoms with Crippen molar-refractivity contribution in [1.29, 1.82) is 0 Å². The van der Waals surface area contributed by atoms with Gasteiger partial charge in [-0.1, -0.05) is 19.8 Å². The van der Waals surface area contributed by atoms with Gasteiger partial charge in [0.15, 0.2) is 0 Å². The third-order valence-corrected chi connectivity index (χ3v) is 1.45. The van der Waals surface area contributed by atoms with Crippen molar-refractivity contribution in [2.75, 3.05) is 0 Å². The molecule has 27 heavy (non-hydrogen) atoms. The minimum atomic E-state index is 1.69. The third kappa shape index (κ3) is 26.0. The molecule has 0 N–H and O–H groups in total. The van der Waals surface area contributed by atoms with E-state index >= 15 is 0 Å². The Morgan fingerprint density at radius 2 is 0.519 bits per heavy atom. The van der Waals surface area contributed by atoms with Crippen LogP contribution in [-0.4, -0.2) is 0 Å². The van der Waals surface area contributed by atoms with Crippen LogP contribution in [0.2, 0.25) is 0 Å². The van der Waals surface area contributed by atoms with E-state index in [1.54, 1.807) is 6.92 Å². The average molecular weight is 334 g/mol. The van der Waals surface area contributed by atoms with E-state index in [2.05, 4.69) is 136 Å². The molecule has 0 aliphatic carbocycles. The van der Waals surface area contributed by atoms with E-state index in [4.69, 9.17) is 6.42 Å². The molecular formula is C27H10. The molecule has 0 heteroatoms. The number of terminal acetylenes is 1. The highest BCUT2D eigenvalue weighted by Gasteiger charge is 1.58. The number of hydrogen-bond donors (Lipinski definition) is 0. The SMILES string of the molecule is C#CC#CC#CC#CC#CC#CC#CC#CC#CC#CC#CC#CC.CC. The molecule has 0 radical (unpaired) electrons. The Morgan fingerprint density at radius 3 is 0.704 bits per heavy atom. The molecule has 0 saturated carbocycles. The number of rotatable bonds is 0. The molecule has 0 rings (SSSR count). The zero-order valence-corrected chi connectivity index (χ0v) is 15.1. The van der Waals surface area contributed by atoms with Crippen molar-refractivity contribution in [1.82, 2.24) is 0 Å². The van der Waals surface area contributed by atoms with Crippen LogP contribution in [0, 0.1) is 143 Å². The molecule has 0 bridgehead atoms. The molecule has 0 saturated heterocycles. The molecule has 0 heterocycles. The second-order valence-corrected chi connectivity index (χ2v) is 3.02. The lowest BCUT2D eigenvalue weighted by Crippen LogP contribution is -1.56. The Hall–Kier alpha value is -5.28. The Kier molecular flexibility index (Phi) is 22.8. The Labute approximate surface area is 163 Å². The molecule has 0 fully saturated rings. The van der Waals surface area contributed by atoms with Crippen molar-refractivity contribution in [2.45, 2.75) is 20.8 Å². The minimum Gasteiger partial charge on any atom is -0.106 e. The fraction of sp³-hybridized carbons (Fsp3) is 0.111. The smallest absolute Gasteiger partial charge is 0 e. The quantitative estimate of drug-likeness (QED) is 0.592. The third-order valence-electron chi connectivity index (χ3n) is 1.45. The zero-order chi connectivity index (χ0) is 20.3. The second-order valence-electron chi connectivity index (χ2n) is 3.02. The van der Waals surface area contributed by atoms with Crippen LogP contribution in [0.3, 0.4) is 0 Å². The molecule has 0 aromatic carbocycles. The highest BCUT2D eigenvalue weighted by molar-refractivity contribution is 5.47. The summed E-state index contributed by atoms with van der Waals surface area (Å²) >= 11 is 0. The molecule has 0 amide bonds. The zero-order valence-electron chi connectivity index (χ0n) is 15.1. The van der Waals surface area contributed by atoms with Gasteiger partial charge >= 0.3 is 0 Å². The topological polar surface area (TPSA) is 0 Å². The molecule has 0 aromatic rings. The van der Waals surface area contributed by atoms with Crippen molar-refractivity contribution in [2.24, 2.45) is 0 Å². The molecule has 0 aliphatic heterocycles. The van der Waals surface area contributed by atoms with Gasteiger partial charge in [-0.15, -0.1) is 6.42 Å². The van der Waals surface area contributed by atoms with E-state index in [9.17, 15) is 0 Å². The number of hydrogen-bond acceptors (Lipinski definition) is 0. The molecule has 0 atom stereocenters. The van der Waals surface area contributed by atoms with E-state index in [1.807, 2.05) is 13.8 Å². The van der Waals surface area contributed by atoms with E-state index in [-0.39, 0.29) is 0 Å². The van der Waals surface area contributed by atoms with Crippen LogP contribution in [0.1, 0.15) is 20.8 Å². The summed E-state index contributed by atoms with van der Waals surface area (Å²) in [5.74, 6) is 56.9. The summed E-state index contributed by atoms with van der Waals surface area (Å²) < 4.78 is 0. The van der Waals surface area contributed by atoms with Crippen molar-refractivity contribution < 1.29 is 0 Å². The molecular weight excluding hydrogens is 324 g/mol. The lowest BCUT2D eigenvalue weighted by Gasteiger charge is -1.57. The van der Waals surface area contributed by atoms with Gasteiger partial charge in [0, 0.05) is 35.5 Å². The first kappa shape index (κ1) is 24.0. The first-order chi connectivity index (χ1) is 13.4. The van der Waals surface area contributed by atoms with E-state index in [0.29, 0.717) is 0 Å². The summed E-state index contributed by atoms with van der Waals surface area (Å²) in [5, 5.41) is 0. The van der Waals surface area contributed by atoms with Crippen LogP contribution in [0.4, 0.5) is 0 Å². The lowest BCUT2D eigenvalue weighted by atomic mass is 10.4. The van der Waals surface area contributed by atoms with E-state index in [0.717, 1.165) is 0 Å². The van der Waals surface area contributed by atoms with E-state index in [1.165, 1.54) is 0 Å². The van der Waals surface area contributed by atoms with E-state index < -0.39 is 0 Å². The van der Waals surface area contributed by atoms with Gasteiger partial charge in [-0.05, 0) is 102 Å². The summed E-state index contributed by atoms with van der Waals surface area (Å²) in [6.45, 7) is 5.69. The van der Waals surface area contributed by atoms with Gasteiger partial charge in [0.25, 0.3) is 0 Å². The maximum Gasteiger partial charge on any atom is 0 e. The highest BCUT2D eigenvalue weighted by Crippen LogP contribution is 1.59. The average Bonchev–Trinajstić information content (AvgIpc) is 2.70. The normalized spacial score (nSPS) is 3.78. The Morgan fingerprint density at radius 1 is 0.333 bits per heavy atom. The van der Waals surface area contributed by atoms with Crippen LogP contribution in [-0.2, 0) is 0 Å².